The number of nitriles is 1. The lowest BCUT2D eigenvalue weighted by atomic mass is 9.87. The van der Waals surface area contributed by atoms with Crippen molar-refractivity contribution in [2.75, 3.05) is 11.1 Å². The molecule has 1 atom stereocenters. The summed E-state index contributed by atoms with van der Waals surface area (Å²) in [4.78, 5) is 24.6. The number of hydrogen-bond acceptors (Lipinski definition) is 4. The summed E-state index contributed by atoms with van der Waals surface area (Å²) in [5.41, 5.74) is 4.17. The number of nitrogens with zero attached hydrogens (tertiary/aromatic N) is 1. The molecule has 0 unspecified atom stereocenters. The van der Waals surface area contributed by atoms with Crippen molar-refractivity contribution in [1.29, 1.82) is 5.26 Å². The molecule has 7 heteroatoms. The molecule has 0 aromatic heterocycles. The van der Waals surface area contributed by atoms with E-state index in [9.17, 15) is 14.9 Å². The normalized spacial score (nSPS) is 16.2. The van der Waals surface area contributed by atoms with Crippen molar-refractivity contribution >= 4 is 40.9 Å². The van der Waals surface area contributed by atoms with E-state index in [0.29, 0.717) is 15.6 Å². The minimum absolute atomic E-state index is 0.0848. The van der Waals surface area contributed by atoms with Gasteiger partial charge in [-0.05, 0) is 48.7 Å². The average molecular weight is 426 g/mol. The van der Waals surface area contributed by atoms with Gasteiger partial charge in [-0.3, -0.25) is 9.59 Å². The van der Waals surface area contributed by atoms with E-state index in [4.69, 9.17) is 11.6 Å². The Hall–Kier alpha value is -2.75. The lowest BCUT2D eigenvalue weighted by molar-refractivity contribution is -0.121. The van der Waals surface area contributed by atoms with Crippen LogP contribution in [0.3, 0.4) is 0 Å². The van der Waals surface area contributed by atoms with Crippen molar-refractivity contribution in [3.63, 3.8) is 0 Å². The molecule has 0 saturated carbocycles. The Balaban J connectivity index is 1.76. The number of carbonyl (C=O) groups is 2. The molecular weight excluding hydrogens is 406 g/mol. The third-order valence-corrected chi connectivity index (χ3v) is 6.12. The van der Waals surface area contributed by atoms with Gasteiger partial charge in [0, 0.05) is 23.0 Å². The molecule has 29 heavy (non-hydrogen) atoms. The molecule has 3 rings (SSSR count). The molecule has 1 aliphatic heterocycles. The predicted molar refractivity (Wildman–Crippen MR) is 117 cm³/mol. The van der Waals surface area contributed by atoms with E-state index < -0.39 is 0 Å². The Morgan fingerprint density at radius 1 is 1.28 bits per heavy atom. The minimum atomic E-state index is -0.351. The minimum Gasteiger partial charge on any atom is -0.325 e. The van der Waals surface area contributed by atoms with Crippen LogP contribution in [0.1, 0.15) is 29.0 Å². The molecule has 148 valence electrons. The number of halogens is 1. The van der Waals surface area contributed by atoms with Crippen LogP contribution >= 0.6 is 23.4 Å². The van der Waals surface area contributed by atoms with E-state index in [1.165, 1.54) is 0 Å². The van der Waals surface area contributed by atoms with Crippen LogP contribution in [-0.2, 0) is 9.59 Å². The topological polar surface area (TPSA) is 82.0 Å². The second-order valence-corrected chi connectivity index (χ2v) is 8.22. The fourth-order valence-corrected chi connectivity index (χ4v) is 4.13. The van der Waals surface area contributed by atoms with Crippen molar-refractivity contribution in [2.24, 2.45) is 0 Å². The molecule has 0 bridgehead atoms. The van der Waals surface area contributed by atoms with Crippen molar-refractivity contribution in [3.8, 4) is 6.07 Å². The van der Waals surface area contributed by atoms with Gasteiger partial charge >= 0.3 is 0 Å². The maximum atomic E-state index is 12.4. The maximum absolute atomic E-state index is 12.4. The molecule has 1 aliphatic rings. The highest BCUT2D eigenvalue weighted by Gasteiger charge is 2.29. The highest BCUT2D eigenvalue weighted by atomic mass is 35.5. The summed E-state index contributed by atoms with van der Waals surface area (Å²) in [5, 5.41) is 16.4. The molecule has 2 aromatic carbocycles. The fraction of sp³-hybridized carbons (Fsp3) is 0.227. The van der Waals surface area contributed by atoms with Gasteiger partial charge in [-0.2, -0.15) is 5.26 Å². The van der Waals surface area contributed by atoms with E-state index in [2.05, 4.69) is 16.7 Å². The van der Waals surface area contributed by atoms with Crippen molar-refractivity contribution in [1.82, 2.24) is 5.32 Å². The second-order valence-electron chi connectivity index (χ2n) is 6.80. The van der Waals surface area contributed by atoms with Gasteiger partial charge in [0.25, 0.3) is 0 Å². The highest BCUT2D eigenvalue weighted by Crippen LogP contribution is 2.36. The van der Waals surface area contributed by atoms with Crippen LogP contribution in [0.4, 0.5) is 5.69 Å². The van der Waals surface area contributed by atoms with Gasteiger partial charge in [0.1, 0.15) is 0 Å². The zero-order valence-corrected chi connectivity index (χ0v) is 17.7. The first kappa shape index (κ1) is 21.0. The average Bonchev–Trinajstić information content (AvgIpc) is 2.70. The van der Waals surface area contributed by atoms with Crippen LogP contribution in [-0.4, -0.2) is 17.6 Å². The van der Waals surface area contributed by atoms with Crippen LogP contribution in [0, 0.1) is 25.2 Å². The molecule has 0 saturated heterocycles. The number of allylic oxidation sites excluding steroid dienone is 1. The largest absolute Gasteiger partial charge is 0.325 e. The first-order valence-electron chi connectivity index (χ1n) is 9.07. The highest BCUT2D eigenvalue weighted by molar-refractivity contribution is 8.03. The number of thioether (sulfide) groups is 1. The number of rotatable bonds is 5. The Morgan fingerprint density at radius 3 is 2.69 bits per heavy atom. The van der Waals surface area contributed by atoms with E-state index in [1.807, 2.05) is 44.2 Å². The summed E-state index contributed by atoms with van der Waals surface area (Å²) in [5.74, 6) is -0.644. The molecule has 2 aromatic rings. The molecule has 5 nitrogen and oxygen atoms in total. The summed E-state index contributed by atoms with van der Waals surface area (Å²) in [6, 6.07) is 15.0. The zero-order chi connectivity index (χ0) is 21.0. The van der Waals surface area contributed by atoms with E-state index in [1.54, 1.807) is 12.1 Å². The fourth-order valence-electron chi connectivity index (χ4n) is 3.12. The summed E-state index contributed by atoms with van der Waals surface area (Å²) in [6.07, 6.45) is 0.184. The first-order valence-corrected chi connectivity index (χ1v) is 10.4. The smallest absolute Gasteiger partial charge is 0.234 e. The lowest BCUT2D eigenvalue weighted by Crippen LogP contribution is -2.31. The van der Waals surface area contributed by atoms with Gasteiger partial charge in [0.2, 0.25) is 11.8 Å². The van der Waals surface area contributed by atoms with Crippen LogP contribution in [0.2, 0.25) is 5.02 Å². The molecule has 2 amide bonds. The summed E-state index contributed by atoms with van der Waals surface area (Å²) in [6.45, 7) is 3.94. The number of aryl methyl sites for hydroxylation is 1. The number of nitrogens with one attached hydrogen (secondary N) is 2. The molecular formula is C22H20ClN3O2S. The monoisotopic (exact) mass is 425 g/mol. The number of hydrogen-bond donors (Lipinski definition) is 2. The summed E-state index contributed by atoms with van der Waals surface area (Å²) >= 11 is 7.11. The Labute approximate surface area is 179 Å². The SMILES string of the molecule is Cc1cccc(NC(=O)CSC2=C(C#N)[C@@H](c3ccc(Cl)cc3)CC(=O)N2)c1C. The number of benzene rings is 2. The number of anilines is 1. The quantitative estimate of drug-likeness (QED) is 0.729. The van der Waals surface area contributed by atoms with Gasteiger partial charge in [0.05, 0.1) is 22.4 Å². The summed E-state index contributed by atoms with van der Waals surface area (Å²) < 4.78 is 0. The van der Waals surface area contributed by atoms with Gasteiger partial charge in [-0.25, -0.2) is 0 Å². The predicted octanol–water partition coefficient (Wildman–Crippen LogP) is 4.67. The lowest BCUT2D eigenvalue weighted by Gasteiger charge is -2.25. The van der Waals surface area contributed by atoms with E-state index in [0.717, 1.165) is 34.1 Å². The molecule has 0 radical (unpaired) electrons. The van der Waals surface area contributed by atoms with Crippen molar-refractivity contribution in [3.05, 3.63) is 74.8 Å². The van der Waals surface area contributed by atoms with Gasteiger partial charge in [-0.1, -0.05) is 47.6 Å². The van der Waals surface area contributed by atoms with Crippen LogP contribution in [0.25, 0.3) is 0 Å². The maximum Gasteiger partial charge on any atom is 0.234 e. The second kappa shape index (κ2) is 9.17. The first-order chi connectivity index (χ1) is 13.9. The van der Waals surface area contributed by atoms with Gasteiger partial charge in [0.15, 0.2) is 0 Å². The Bertz CT molecular complexity index is 1030. The van der Waals surface area contributed by atoms with Crippen LogP contribution < -0.4 is 10.6 Å². The molecule has 0 fully saturated rings. The standard InChI is InChI=1S/C22H20ClN3O2S/c1-13-4-3-5-19(14(13)2)25-21(28)12-29-22-18(11-24)17(10-20(27)26-22)15-6-8-16(23)9-7-15/h3-9,17H,10,12H2,1-2H3,(H,25,28)(H,26,27)/t17-/m1/s1. The van der Waals surface area contributed by atoms with Crippen molar-refractivity contribution in [2.45, 2.75) is 26.2 Å². The van der Waals surface area contributed by atoms with Gasteiger partial charge < -0.3 is 10.6 Å². The third kappa shape index (κ3) is 5.00. The Kier molecular flexibility index (Phi) is 6.63. The van der Waals surface area contributed by atoms with Gasteiger partial charge in [-0.15, -0.1) is 0 Å². The summed E-state index contributed by atoms with van der Waals surface area (Å²) in [7, 11) is 0. The Morgan fingerprint density at radius 2 is 2.00 bits per heavy atom. The van der Waals surface area contributed by atoms with Crippen molar-refractivity contribution < 1.29 is 9.59 Å². The molecule has 0 spiro atoms. The number of carbonyl (C=O) groups excluding carboxylic acids is 2. The van der Waals surface area contributed by atoms with E-state index >= 15 is 0 Å². The van der Waals surface area contributed by atoms with E-state index in [-0.39, 0.29) is 29.9 Å². The van der Waals surface area contributed by atoms with Crippen LogP contribution in [0.5, 0.6) is 0 Å². The molecule has 0 aliphatic carbocycles. The van der Waals surface area contributed by atoms with Crippen LogP contribution in [0.15, 0.2) is 53.1 Å². The zero-order valence-electron chi connectivity index (χ0n) is 16.1. The molecule has 1 heterocycles. The third-order valence-electron chi connectivity index (χ3n) is 4.85. The number of amides is 2. The molecule has 2 N–H and O–H groups in total.